The Bertz CT molecular complexity index is 984. The van der Waals surface area contributed by atoms with Crippen molar-refractivity contribution >= 4 is 17.1 Å². The minimum absolute atomic E-state index is 0.823. The molecule has 0 atom stereocenters. The number of pyridine rings is 1. The summed E-state index contributed by atoms with van der Waals surface area (Å²) in [6.07, 6.45) is 1.80. The first-order valence-electron chi connectivity index (χ1n) is 9.38. The average Bonchev–Trinajstić information content (AvgIpc) is 2.68. The molecule has 1 aromatic heterocycles. The zero-order valence-corrected chi connectivity index (χ0v) is 17.8. The molecule has 3 nitrogen and oxygen atoms in total. The van der Waals surface area contributed by atoms with Crippen LogP contribution in [0.5, 0.6) is 0 Å². The van der Waals surface area contributed by atoms with Gasteiger partial charge in [-0.1, -0.05) is 43.5 Å². The van der Waals surface area contributed by atoms with Crippen LogP contribution in [0.1, 0.15) is 50.2 Å². The molecule has 3 heteroatoms. The van der Waals surface area contributed by atoms with E-state index in [1.165, 1.54) is 0 Å². The molecule has 0 saturated heterocycles. The number of nitrogens with zero attached hydrogens (tertiary/aromatic N) is 3. The smallest absolute Gasteiger partial charge is 0.0849 e. The zero-order valence-electron chi connectivity index (χ0n) is 17.8. The van der Waals surface area contributed by atoms with Crippen LogP contribution in [0.4, 0.5) is 5.69 Å². The van der Waals surface area contributed by atoms with Gasteiger partial charge in [-0.3, -0.25) is 9.98 Å². The summed E-state index contributed by atoms with van der Waals surface area (Å²) in [5.41, 5.74) is 9.45. The molecule has 1 heterocycles. The number of allylic oxidation sites excluding steroid dienone is 3. The maximum atomic E-state index is 4.84. The molecule has 0 spiro atoms. The lowest BCUT2D eigenvalue weighted by atomic mass is 10.1. The van der Waals surface area contributed by atoms with Gasteiger partial charge in [0.15, 0.2) is 0 Å². The van der Waals surface area contributed by atoms with E-state index in [9.17, 15) is 0 Å². The molecule has 2 rings (SSSR count). The van der Waals surface area contributed by atoms with Crippen LogP contribution >= 0.6 is 0 Å². The largest absolute Gasteiger partial charge is 0.251 e. The highest BCUT2D eigenvalue weighted by Crippen LogP contribution is 2.24. The molecule has 0 radical (unpaired) electrons. The Balaban J connectivity index is 2.46. The van der Waals surface area contributed by atoms with E-state index in [0.717, 1.165) is 56.5 Å². The number of aromatic nitrogens is 1. The van der Waals surface area contributed by atoms with Crippen LogP contribution in [0.2, 0.25) is 0 Å². The van der Waals surface area contributed by atoms with Gasteiger partial charge in [0.05, 0.1) is 34.2 Å². The number of para-hydroxylation sites is 1. The fourth-order valence-corrected chi connectivity index (χ4v) is 2.89. The van der Waals surface area contributed by atoms with Crippen molar-refractivity contribution in [1.82, 2.24) is 4.98 Å². The molecule has 0 amide bonds. The normalized spacial score (nSPS) is 13.2. The van der Waals surface area contributed by atoms with E-state index in [2.05, 4.69) is 45.2 Å². The van der Waals surface area contributed by atoms with Gasteiger partial charge in [0.1, 0.15) is 0 Å². The molecule has 0 saturated carbocycles. The van der Waals surface area contributed by atoms with Gasteiger partial charge < -0.3 is 0 Å². The summed E-state index contributed by atoms with van der Waals surface area (Å²) in [4.78, 5) is 14.4. The summed E-state index contributed by atoms with van der Waals surface area (Å²) < 4.78 is 0. The third-order valence-electron chi connectivity index (χ3n) is 4.57. The van der Waals surface area contributed by atoms with Crippen LogP contribution in [0.15, 0.2) is 82.5 Å². The molecule has 0 N–H and O–H groups in total. The van der Waals surface area contributed by atoms with Crippen molar-refractivity contribution < 1.29 is 0 Å². The van der Waals surface area contributed by atoms with Crippen LogP contribution in [0.25, 0.3) is 0 Å². The molecule has 0 bridgehead atoms. The Morgan fingerprint density at radius 3 is 1.96 bits per heavy atom. The fourth-order valence-electron chi connectivity index (χ4n) is 2.89. The molecular weight excluding hydrogens is 342 g/mol. The van der Waals surface area contributed by atoms with E-state index in [0.29, 0.717) is 0 Å². The van der Waals surface area contributed by atoms with Crippen molar-refractivity contribution in [1.29, 1.82) is 0 Å². The van der Waals surface area contributed by atoms with E-state index in [1.807, 2.05) is 45.9 Å². The van der Waals surface area contributed by atoms with Crippen molar-refractivity contribution in [3.63, 3.8) is 0 Å². The standard InChI is InChI=1S/C25H29N3/c1-9-17(4)24(16(2)3)26-20(7)22-14-11-15-23(28-22)21(8)27-25-18(5)12-10-13-19(25)6/h9-15H,1-2H2,3-8H3/b24-17+,26-20?,27-21?. The molecule has 0 aliphatic rings. The Kier molecular flexibility index (Phi) is 7.00. The van der Waals surface area contributed by atoms with Gasteiger partial charge in [0.2, 0.25) is 0 Å². The maximum absolute atomic E-state index is 4.84. The van der Waals surface area contributed by atoms with Crippen LogP contribution in [-0.2, 0) is 0 Å². The summed E-state index contributed by atoms with van der Waals surface area (Å²) in [5, 5.41) is 0. The summed E-state index contributed by atoms with van der Waals surface area (Å²) in [5.74, 6) is 0. The van der Waals surface area contributed by atoms with E-state index in [-0.39, 0.29) is 0 Å². The Hall–Kier alpha value is -3.07. The van der Waals surface area contributed by atoms with E-state index in [4.69, 9.17) is 15.0 Å². The first-order valence-corrected chi connectivity index (χ1v) is 9.38. The first-order chi connectivity index (χ1) is 13.2. The van der Waals surface area contributed by atoms with Crippen molar-refractivity contribution in [2.75, 3.05) is 0 Å². The minimum Gasteiger partial charge on any atom is -0.251 e. The highest BCUT2D eigenvalue weighted by atomic mass is 14.8. The minimum atomic E-state index is 0.823. The van der Waals surface area contributed by atoms with Crippen LogP contribution < -0.4 is 0 Å². The van der Waals surface area contributed by atoms with E-state index >= 15 is 0 Å². The monoisotopic (exact) mass is 371 g/mol. The van der Waals surface area contributed by atoms with E-state index < -0.39 is 0 Å². The highest BCUT2D eigenvalue weighted by Gasteiger charge is 2.08. The molecule has 2 aromatic rings. The van der Waals surface area contributed by atoms with Crippen molar-refractivity contribution in [3.05, 3.63) is 95.0 Å². The lowest BCUT2D eigenvalue weighted by molar-refractivity contribution is 1.20. The number of hydrogen-bond acceptors (Lipinski definition) is 3. The number of aliphatic imine (C=N–C) groups is 2. The molecule has 0 aliphatic carbocycles. The first kappa shape index (κ1) is 21.2. The van der Waals surface area contributed by atoms with E-state index in [1.54, 1.807) is 6.08 Å². The second-order valence-corrected chi connectivity index (χ2v) is 7.06. The molecule has 144 valence electrons. The third kappa shape index (κ3) is 5.01. The van der Waals surface area contributed by atoms with Crippen LogP contribution in [0.3, 0.4) is 0 Å². The predicted molar refractivity (Wildman–Crippen MR) is 122 cm³/mol. The number of rotatable bonds is 6. The lowest BCUT2D eigenvalue weighted by Crippen LogP contribution is -2.06. The number of hydrogen-bond donors (Lipinski definition) is 0. The van der Waals surface area contributed by atoms with Gasteiger partial charge in [-0.15, -0.1) is 0 Å². The second-order valence-electron chi connectivity index (χ2n) is 7.06. The predicted octanol–water partition coefficient (Wildman–Crippen LogP) is 6.68. The van der Waals surface area contributed by atoms with Crippen LogP contribution in [-0.4, -0.2) is 16.4 Å². The summed E-state index contributed by atoms with van der Waals surface area (Å²) in [6.45, 7) is 19.9. The lowest BCUT2D eigenvalue weighted by Gasteiger charge is -2.09. The summed E-state index contributed by atoms with van der Waals surface area (Å²) >= 11 is 0. The van der Waals surface area contributed by atoms with Gasteiger partial charge in [-0.25, -0.2) is 4.98 Å². The number of aryl methyl sites for hydroxylation is 2. The quantitative estimate of drug-likeness (QED) is 0.412. The Morgan fingerprint density at radius 2 is 1.43 bits per heavy atom. The van der Waals surface area contributed by atoms with Gasteiger partial charge >= 0.3 is 0 Å². The Morgan fingerprint density at radius 1 is 0.893 bits per heavy atom. The zero-order chi connectivity index (χ0) is 20.8. The molecule has 0 fully saturated rings. The Labute approximate surface area is 169 Å². The van der Waals surface area contributed by atoms with Crippen molar-refractivity contribution in [3.8, 4) is 0 Å². The van der Waals surface area contributed by atoms with Crippen molar-refractivity contribution in [2.45, 2.75) is 41.5 Å². The fraction of sp³-hybridized carbons (Fsp3) is 0.240. The molecule has 1 aromatic carbocycles. The third-order valence-corrected chi connectivity index (χ3v) is 4.57. The topological polar surface area (TPSA) is 37.6 Å². The molecule has 28 heavy (non-hydrogen) atoms. The molecular formula is C25H29N3. The van der Waals surface area contributed by atoms with Crippen molar-refractivity contribution in [2.24, 2.45) is 9.98 Å². The van der Waals surface area contributed by atoms with Gasteiger partial charge in [0, 0.05) is 0 Å². The van der Waals surface area contributed by atoms with Gasteiger partial charge in [-0.05, 0) is 75.9 Å². The SMILES string of the molecule is C=C/C(C)=C(/N=C(C)c1cccc(C(C)=Nc2c(C)cccc2C)n1)C(=C)C. The molecule has 0 aliphatic heterocycles. The average molecular weight is 372 g/mol. The highest BCUT2D eigenvalue weighted by molar-refractivity contribution is 6.02. The maximum Gasteiger partial charge on any atom is 0.0849 e. The number of benzene rings is 1. The van der Waals surface area contributed by atoms with Gasteiger partial charge in [0.25, 0.3) is 0 Å². The summed E-state index contributed by atoms with van der Waals surface area (Å²) in [6, 6.07) is 12.1. The summed E-state index contributed by atoms with van der Waals surface area (Å²) in [7, 11) is 0. The second kappa shape index (κ2) is 9.23. The van der Waals surface area contributed by atoms with Gasteiger partial charge in [-0.2, -0.15) is 0 Å². The van der Waals surface area contributed by atoms with Crippen LogP contribution in [0, 0.1) is 13.8 Å². The molecule has 0 unspecified atom stereocenters.